The number of nitrogens with one attached hydrogen (secondary N) is 2. The summed E-state index contributed by atoms with van der Waals surface area (Å²) in [6, 6.07) is 0. The van der Waals surface area contributed by atoms with Crippen LogP contribution in [0.2, 0.25) is 0 Å². The summed E-state index contributed by atoms with van der Waals surface area (Å²) in [6.45, 7) is 14.5. The first kappa shape index (κ1) is 18.0. The zero-order valence-electron chi connectivity index (χ0n) is 14.5. The molecule has 122 valence electrons. The first-order chi connectivity index (χ1) is 9.53. The van der Waals surface area contributed by atoms with Gasteiger partial charge in [-0.05, 0) is 30.1 Å². The van der Waals surface area contributed by atoms with Gasteiger partial charge in [0.05, 0.1) is 0 Å². The summed E-state index contributed by atoms with van der Waals surface area (Å²) in [4.78, 5) is 22.4. The first-order valence-corrected chi connectivity index (χ1v) is 8.09. The predicted octanol–water partition coefficient (Wildman–Crippen LogP) is 2.73. The van der Waals surface area contributed by atoms with Crippen LogP contribution in [0, 0.1) is 22.7 Å². The van der Waals surface area contributed by atoms with Gasteiger partial charge in [-0.15, -0.1) is 0 Å². The van der Waals surface area contributed by atoms with E-state index in [9.17, 15) is 9.59 Å². The molecule has 0 aromatic rings. The van der Waals surface area contributed by atoms with Crippen LogP contribution < -0.4 is 10.6 Å². The fourth-order valence-electron chi connectivity index (χ4n) is 3.02. The lowest BCUT2D eigenvalue weighted by molar-refractivity contribution is -0.130. The minimum absolute atomic E-state index is 0.129. The van der Waals surface area contributed by atoms with Gasteiger partial charge in [0.2, 0.25) is 11.8 Å². The third-order valence-electron chi connectivity index (χ3n) is 4.42. The van der Waals surface area contributed by atoms with Crippen LogP contribution in [-0.2, 0) is 9.59 Å². The van der Waals surface area contributed by atoms with Crippen LogP contribution in [0.4, 0.5) is 0 Å². The van der Waals surface area contributed by atoms with Crippen molar-refractivity contribution in [1.82, 2.24) is 10.6 Å². The molecule has 2 saturated heterocycles. The molecule has 2 N–H and O–H groups in total. The predicted molar refractivity (Wildman–Crippen MR) is 85.8 cm³/mol. The molecule has 0 radical (unpaired) electrons. The fourth-order valence-corrected chi connectivity index (χ4v) is 3.02. The van der Waals surface area contributed by atoms with Gasteiger partial charge < -0.3 is 10.6 Å². The molecule has 0 aromatic heterocycles. The van der Waals surface area contributed by atoms with Gasteiger partial charge in [0.1, 0.15) is 0 Å². The van der Waals surface area contributed by atoms with E-state index in [2.05, 4.69) is 52.2 Å². The lowest BCUT2D eigenvalue weighted by atomic mass is 9.76. The average molecular weight is 296 g/mol. The van der Waals surface area contributed by atoms with E-state index >= 15 is 0 Å². The Morgan fingerprint density at radius 1 is 0.762 bits per heavy atom. The number of piperidine rings is 1. The zero-order chi connectivity index (χ0) is 16.3. The second-order valence-electron chi connectivity index (χ2n) is 8.35. The summed E-state index contributed by atoms with van der Waals surface area (Å²) < 4.78 is 0. The van der Waals surface area contributed by atoms with Crippen molar-refractivity contribution in [3.63, 3.8) is 0 Å². The minimum atomic E-state index is 0.129. The summed E-state index contributed by atoms with van der Waals surface area (Å²) in [6.07, 6.45) is 3.19. The van der Waals surface area contributed by atoms with Gasteiger partial charge in [-0.1, -0.05) is 41.5 Å². The van der Waals surface area contributed by atoms with Gasteiger partial charge in [0.15, 0.2) is 0 Å². The van der Waals surface area contributed by atoms with E-state index in [1.807, 2.05) is 0 Å². The topological polar surface area (TPSA) is 58.2 Å². The highest BCUT2D eigenvalue weighted by Crippen LogP contribution is 2.31. The lowest BCUT2D eigenvalue weighted by Crippen LogP contribution is -2.42. The molecule has 2 atom stereocenters. The Hall–Kier alpha value is -1.06. The Kier molecular flexibility index (Phi) is 5.83. The smallest absolute Gasteiger partial charge is 0.223 e. The van der Waals surface area contributed by atoms with Crippen LogP contribution in [0.3, 0.4) is 0 Å². The monoisotopic (exact) mass is 296 g/mol. The van der Waals surface area contributed by atoms with Crippen molar-refractivity contribution in [2.45, 2.75) is 60.8 Å². The van der Waals surface area contributed by atoms with E-state index in [0.717, 1.165) is 32.4 Å². The third kappa shape index (κ3) is 5.33. The van der Waals surface area contributed by atoms with Crippen LogP contribution in [0.1, 0.15) is 60.8 Å². The summed E-state index contributed by atoms with van der Waals surface area (Å²) >= 11 is 0. The van der Waals surface area contributed by atoms with Crippen LogP contribution in [0.5, 0.6) is 0 Å². The van der Waals surface area contributed by atoms with Crippen LogP contribution in [-0.4, -0.2) is 24.9 Å². The first-order valence-electron chi connectivity index (χ1n) is 8.09. The van der Waals surface area contributed by atoms with Crippen molar-refractivity contribution < 1.29 is 9.59 Å². The van der Waals surface area contributed by atoms with Crippen molar-refractivity contribution in [3.8, 4) is 0 Å². The van der Waals surface area contributed by atoms with E-state index in [1.54, 1.807) is 0 Å². The van der Waals surface area contributed by atoms with Crippen molar-refractivity contribution in [2.75, 3.05) is 13.1 Å². The number of carbonyl (C=O) groups excluding carboxylic acids is 2. The van der Waals surface area contributed by atoms with Gasteiger partial charge in [-0.25, -0.2) is 0 Å². The van der Waals surface area contributed by atoms with Crippen LogP contribution >= 0.6 is 0 Å². The Morgan fingerprint density at radius 3 is 1.48 bits per heavy atom. The van der Waals surface area contributed by atoms with E-state index < -0.39 is 0 Å². The third-order valence-corrected chi connectivity index (χ3v) is 4.42. The second-order valence-corrected chi connectivity index (χ2v) is 8.35. The number of amides is 2. The molecule has 21 heavy (non-hydrogen) atoms. The maximum Gasteiger partial charge on any atom is 0.223 e. The molecule has 0 saturated carbocycles. The molecular weight excluding hydrogens is 264 g/mol. The molecule has 2 heterocycles. The Morgan fingerprint density at radius 2 is 1.19 bits per heavy atom. The number of carbonyl (C=O) groups is 2. The molecule has 0 spiro atoms. The Labute approximate surface area is 129 Å². The van der Waals surface area contributed by atoms with Gasteiger partial charge in [-0.3, -0.25) is 9.59 Å². The van der Waals surface area contributed by atoms with Crippen LogP contribution in [0.15, 0.2) is 0 Å². The van der Waals surface area contributed by atoms with Gasteiger partial charge in [0, 0.05) is 24.9 Å². The molecule has 0 aliphatic carbocycles. The highest BCUT2D eigenvalue weighted by molar-refractivity contribution is 5.81. The highest BCUT2D eigenvalue weighted by Gasteiger charge is 2.34. The average Bonchev–Trinajstić information content (AvgIpc) is 2.75. The standard InChI is InChI=1S/C9H17NO.C8H15NO/c1-9(2,3)7-5-4-6-10-8(7)11;1-8(2,3)6-4-5-9-7(6)10/h7H,4-6H2,1-3H3,(H,10,11);6H,4-5H2,1-3H3,(H,9,10). The highest BCUT2D eigenvalue weighted by atomic mass is 16.2. The van der Waals surface area contributed by atoms with E-state index in [-0.39, 0.29) is 34.5 Å². The SMILES string of the molecule is CC(C)(C)C1CCCNC1=O.CC(C)(C)C1CCNC1=O. The largest absolute Gasteiger partial charge is 0.356 e. The Balaban J connectivity index is 0.000000211. The normalized spacial score (nSPS) is 26.6. The number of rotatable bonds is 0. The molecule has 0 bridgehead atoms. The van der Waals surface area contributed by atoms with Crippen LogP contribution in [0.25, 0.3) is 0 Å². The van der Waals surface area contributed by atoms with E-state index in [0.29, 0.717) is 0 Å². The summed E-state index contributed by atoms with van der Waals surface area (Å²) in [5.41, 5.74) is 0.269. The maximum atomic E-state index is 11.3. The van der Waals surface area contributed by atoms with E-state index in [4.69, 9.17) is 0 Å². The molecule has 0 aromatic carbocycles. The van der Waals surface area contributed by atoms with E-state index in [1.165, 1.54) is 0 Å². The summed E-state index contributed by atoms with van der Waals surface area (Å²) in [7, 11) is 0. The van der Waals surface area contributed by atoms with Gasteiger partial charge in [0.25, 0.3) is 0 Å². The molecule has 2 unspecified atom stereocenters. The Bertz CT molecular complexity index is 377. The van der Waals surface area contributed by atoms with Crippen molar-refractivity contribution >= 4 is 11.8 Å². The van der Waals surface area contributed by atoms with Crippen molar-refractivity contribution in [1.29, 1.82) is 0 Å². The minimum Gasteiger partial charge on any atom is -0.356 e. The second kappa shape index (κ2) is 6.80. The molecule has 4 heteroatoms. The molecule has 2 amide bonds. The van der Waals surface area contributed by atoms with Gasteiger partial charge >= 0.3 is 0 Å². The summed E-state index contributed by atoms with van der Waals surface area (Å²) in [5.74, 6) is 0.917. The lowest BCUT2D eigenvalue weighted by Gasteiger charge is -2.32. The fraction of sp³-hybridized carbons (Fsp3) is 0.882. The molecule has 2 aliphatic rings. The molecule has 2 aliphatic heterocycles. The van der Waals surface area contributed by atoms with Crippen molar-refractivity contribution in [2.24, 2.45) is 22.7 Å². The van der Waals surface area contributed by atoms with Gasteiger partial charge in [-0.2, -0.15) is 0 Å². The molecule has 2 rings (SSSR count). The zero-order valence-corrected chi connectivity index (χ0v) is 14.5. The molecule has 2 fully saturated rings. The molecular formula is C17H32N2O2. The number of hydrogen-bond donors (Lipinski definition) is 2. The molecule has 4 nitrogen and oxygen atoms in total. The quantitative estimate of drug-likeness (QED) is 0.722. The maximum absolute atomic E-state index is 11.3. The van der Waals surface area contributed by atoms with Crippen molar-refractivity contribution in [3.05, 3.63) is 0 Å². The number of hydrogen-bond acceptors (Lipinski definition) is 2. The summed E-state index contributed by atoms with van der Waals surface area (Å²) in [5, 5.41) is 5.74.